The first kappa shape index (κ1) is 7.78. The fraction of sp³-hybridized carbons (Fsp3) is 0.455. The Balaban J connectivity index is 2.37. The maximum absolute atomic E-state index is 13.0. The van der Waals surface area contributed by atoms with Crippen molar-refractivity contribution in [1.82, 2.24) is 0 Å². The molecule has 1 aliphatic carbocycles. The van der Waals surface area contributed by atoms with Crippen molar-refractivity contribution in [3.8, 4) is 0 Å². The Hall–Kier alpha value is -0.850. The van der Waals surface area contributed by atoms with Crippen LogP contribution in [0.4, 0.5) is 4.39 Å². The summed E-state index contributed by atoms with van der Waals surface area (Å²) in [5.41, 5.74) is 3.80. The molecule has 1 aliphatic rings. The van der Waals surface area contributed by atoms with E-state index in [0.717, 1.165) is 6.42 Å². The number of rotatable bonds is 0. The molecule has 0 nitrogen and oxygen atoms in total. The van der Waals surface area contributed by atoms with Crippen LogP contribution in [0.5, 0.6) is 0 Å². The number of alkyl halides is 1. The van der Waals surface area contributed by atoms with Crippen LogP contribution < -0.4 is 0 Å². The SMILES string of the molecule is Cc1ccc2c(c1)CC(F)CC2. The molecule has 12 heavy (non-hydrogen) atoms. The van der Waals surface area contributed by atoms with Gasteiger partial charge in [-0.15, -0.1) is 0 Å². The van der Waals surface area contributed by atoms with E-state index in [1.54, 1.807) is 0 Å². The molecule has 0 saturated carbocycles. The van der Waals surface area contributed by atoms with Gasteiger partial charge in [-0.3, -0.25) is 0 Å². The van der Waals surface area contributed by atoms with Gasteiger partial charge in [0.1, 0.15) is 6.17 Å². The topological polar surface area (TPSA) is 0 Å². The molecule has 0 bridgehead atoms. The summed E-state index contributed by atoms with van der Waals surface area (Å²) in [4.78, 5) is 0. The van der Waals surface area contributed by atoms with Crippen molar-refractivity contribution in [1.29, 1.82) is 0 Å². The minimum absolute atomic E-state index is 0.612. The Morgan fingerprint density at radius 3 is 3.00 bits per heavy atom. The number of benzene rings is 1. The highest BCUT2D eigenvalue weighted by Crippen LogP contribution is 2.23. The molecule has 0 radical (unpaired) electrons. The number of hydrogen-bond acceptors (Lipinski definition) is 0. The summed E-state index contributed by atoms with van der Waals surface area (Å²) < 4.78 is 13.0. The number of halogens is 1. The lowest BCUT2D eigenvalue weighted by molar-refractivity contribution is 0.301. The molecule has 0 saturated heterocycles. The molecule has 0 amide bonds. The molecule has 0 N–H and O–H groups in total. The van der Waals surface area contributed by atoms with E-state index in [1.807, 2.05) is 0 Å². The zero-order valence-electron chi connectivity index (χ0n) is 7.31. The van der Waals surface area contributed by atoms with Crippen LogP contribution in [-0.2, 0) is 12.8 Å². The molecule has 0 spiro atoms. The molecular formula is C11H13F. The van der Waals surface area contributed by atoms with E-state index in [2.05, 4.69) is 25.1 Å². The lowest BCUT2D eigenvalue weighted by atomic mass is 9.89. The van der Waals surface area contributed by atoms with Crippen molar-refractivity contribution in [2.45, 2.75) is 32.4 Å². The van der Waals surface area contributed by atoms with Crippen LogP contribution in [0, 0.1) is 6.92 Å². The molecule has 0 aromatic heterocycles. The average Bonchev–Trinajstić information content (AvgIpc) is 2.03. The average molecular weight is 164 g/mol. The highest BCUT2D eigenvalue weighted by atomic mass is 19.1. The largest absolute Gasteiger partial charge is 0.247 e. The molecule has 0 fully saturated rings. The van der Waals surface area contributed by atoms with Gasteiger partial charge in [0.05, 0.1) is 0 Å². The van der Waals surface area contributed by atoms with Gasteiger partial charge in [-0.25, -0.2) is 4.39 Å². The van der Waals surface area contributed by atoms with Gasteiger partial charge < -0.3 is 0 Å². The van der Waals surface area contributed by atoms with Gasteiger partial charge in [-0.2, -0.15) is 0 Å². The van der Waals surface area contributed by atoms with Crippen LogP contribution >= 0.6 is 0 Å². The summed E-state index contributed by atoms with van der Waals surface area (Å²) in [6, 6.07) is 6.36. The van der Waals surface area contributed by atoms with Gasteiger partial charge in [-0.1, -0.05) is 23.8 Å². The Kier molecular flexibility index (Phi) is 1.87. The van der Waals surface area contributed by atoms with E-state index in [9.17, 15) is 4.39 Å². The van der Waals surface area contributed by atoms with Crippen LogP contribution in [0.3, 0.4) is 0 Å². The second kappa shape index (κ2) is 2.89. The predicted molar refractivity (Wildman–Crippen MR) is 48.1 cm³/mol. The lowest BCUT2D eigenvalue weighted by Gasteiger charge is -2.19. The summed E-state index contributed by atoms with van der Waals surface area (Å²) in [5.74, 6) is 0. The van der Waals surface area contributed by atoms with Gasteiger partial charge in [0.25, 0.3) is 0 Å². The van der Waals surface area contributed by atoms with Gasteiger partial charge >= 0.3 is 0 Å². The normalized spacial score (nSPS) is 22.0. The second-order valence-electron chi connectivity index (χ2n) is 3.61. The van der Waals surface area contributed by atoms with E-state index >= 15 is 0 Å². The summed E-state index contributed by atoms with van der Waals surface area (Å²) in [5, 5.41) is 0. The first-order valence-corrected chi connectivity index (χ1v) is 4.48. The Bertz CT molecular complexity index is 291. The van der Waals surface area contributed by atoms with Crippen molar-refractivity contribution >= 4 is 0 Å². The zero-order chi connectivity index (χ0) is 8.55. The first-order chi connectivity index (χ1) is 5.75. The monoisotopic (exact) mass is 164 g/mol. The van der Waals surface area contributed by atoms with Crippen molar-refractivity contribution < 1.29 is 4.39 Å². The van der Waals surface area contributed by atoms with Crippen molar-refractivity contribution in [3.05, 3.63) is 34.9 Å². The number of hydrogen-bond donors (Lipinski definition) is 0. The van der Waals surface area contributed by atoms with Gasteiger partial charge in [-0.05, 0) is 30.9 Å². The summed E-state index contributed by atoms with van der Waals surface area (Å²) >= 11 is 0. The highest BCUT2D eigenvalue weighted by Gasteiger charge is 2.16. The lowest BCUT2D eigenvalue weighted by Crippen LogP contribution is -2.14. The van der Waals surface area contributed by atoms with Gasteiger partial charge in [0.2, 0.25) is 0 Å². The highest BCUT2D eigenvalue weighted by molar-refractivity contribution is 5.33. The maximum atomic E-state index is 13.0. The molecule has 64 valence electrons. The number of fused-ring (bicyclic) bond motifs is 1. The van der Waals surface area contributed by atoms with Crippen LogP contribution in [0.15, 0.2) is 18.2 Å². The third-order valence-corrected chi connectivity index (χ3v) is 2.53. The van der Waals surface area contributed by atoms with Gasteiger partial charge in [0.15, 0.2) is 0 Å². The minimum Gasteiger partial charge on any atom is -0.247 e. The summed E-state index contributed by atoms with van der Waals surface area (Å²) in [7, 11) is 0. The fourth-order valence-electron chi connectivity index (χ4n) is 1.84. The molecule has 1 atom stereocenters. The standard InChI is InChI=1S/C11H13F/c1-8-2-3-9-4-5-11(12)7-10(9)6-8/h2-3,6,11H,4-5,7H2,1H3. The van der Waals surface area contributed by atoms with Crippen LogP contribution in [0.2, 0.25) is 0 Å². The van der Waals surface area contributed by atoms with Crippen molar-refractivity contribution in [3.63, 3.8) is 0 Å². The summed E-state index contributed by atoms with van der Waals surface area (Å²) in [6.07, 6.45) is 1.63. The van der Waals surface area contributed by atoms with E-state index in [-0.39, 0.29) is 0 Å². The number of aryl methyl sites for hydroxylation is 2. The Morgan fingerprint density at radius 2 is 2.17 bits per heavy atom. The zero-order valence-corrected chi connectivity index (χ0v) is 7.31. The molecule has 1 unspecified atom stereocenters. The van der Waals surface area contributed by atoms with E-state index in [1.165, 1.54) is 16.7 Å². The van der Waals surface area contributed by atoms with E-state index in [0.29, 0.717) is 12.8 Å². The predicted octanol–water partition coefficient (Wildman–Crippen LogP) is 2.82. The molecular weight excluding hydrogens is 151 g/mol. The molecule has 1 aromatic rings. The molecule has 2 rings (SSSR count). The van der Waals surface area contributed by atoms with Crippen molar-refractivity contribution in [2.24, 2.45) is 0 Å². The third kappa shape index (κ3) is 1.36. The fourth-order valence-corrected chi connectivity index (χ4v) is 1.84. The maximum Gasteiger partial charge on any atom is 0.104 e. The Labute approximate surface area is 72.4 Å². The second-order valence-corrected chi connectivity index (χ2v) is 3.61. The van der Waals surface area contributed by atoms with Crippen molar-refractivity contribution in [2.75, 3.05) is 0 Å². The summed E-state index contributed by atoms with van der Waals surface area (Å²) in [6.45, 7) is 2.06. The van der Waals surface area contributed by atoms with Gasteiger partial charge in [0, 0.05) is 6.42 Å². The smallest absolute Gasteiger partial charge is 0.104 e. The van der Waals surface area contributed by atoms with Crippen LogP contribution in [-0.4, -0.2) is 6.17 Å². The Morgan fingerprint density at radius 1 is 1.33 bits per heavy atom. The van der Waals surface area contributed by atoms with E-state index in [4.69, 9.17) is 0 Å². The third-order valence-electron chi connectivity index (χ3n) is 2.53. The molecule has 0 heterocycles. The molecule has 1 aromatic carbocycles. The van der Waals surface area contributed by atoms with Crippen LogP contribution in [0.1, 0.15) is 23.1 Å². The minimum atomic E-state index is -0.612. The van der Waals surface area contributed by atoms with Crippen LogP contribution in [0.25, 0.3) is 0 Å². The van der Waals surface area contributed by atoms with E-state index < -0.39 is 6.17 Å². The molecule has 1 heteroatoms. The quantitative estimate of drug-likeness (QED) is 0.553. The molecule has 0 aliphatic heterocycles. The first-order valence-electron chi connectivity index (χ1n) is 4.48.